The van der Waals surface area contributed by atoms with E-state index in [2.05, 4.69) is 5.10 Å². The summed E-state index contributed by atoms with van der Waals surface area (Å²) in [6, 6.07) is 1.28. The van der Waals surface area contributed by atoms with E-state index >= 15 is 0 Å². The summed E-state index contributed by atoms with van der Waals surface area (Å²) in [6.07, 6.45) is 1.50. The molecule has 0 aliphatic carbocycles. The summed E-state index contributed by atoms with van der Waals surface area (Å²) in [6.45, 7) is 6.46. The molecule has 1 fully saturated rings. The van der Waals surface area contributed by atoms with Gasteiger partial charge in [-0.05, 0) is 45.0 Å². The number of carbonyl (C=O) groups excluding carboxylic acids is 1. The fraction of sp³-hybridized carbons (Fsp3) is 0.750. The first-order valence-corrected chi connectivity index (χ1v) is 8.73. The van der Waals surface area contributed by atoms with Crippen LogP contribution >= 0.6 is 0 Å². The van der Waals surface area contributed by atoms with Gasteiger partial charge in [0.25, 0.3) is 0 Å². The van der Waals surface area contributed by atoms with E-state index in [0.717, 1.165) is 19.3 Å². The van der Waals surface area contributed by atoms with Gasteiger partial charge in [-0.2, -0.15) is 4.68 Å². The van der Waals surface area contributed by atoms with Crippen LogP contribution in [0.4, 0.5) is 16.4 Å². The molecular weight excluding hydrogens is 344 g/mol. The van der Waals surface area contributed by atoms with Gasteiger partial charge in [0.05, 0.1) is 24.3 Å². The largest absolute Gasteiger partial charge is 0.443 e. The zero-order chi connectivity index (χ0) is 18.9. The van der Waals surface area contributed by atoms with E-state index in [1.807, 2.05) is 0 Å². The van der Waals surface area contributed by atoms with E-state index in [0.29, 0.717) is 19.0 Å². The molecule has 0 aromatic carbocycles. The van der Waals surface area contributed by atoms with Gasteiger partial charge < -0.3 is 24.3 Å². The van der Waals surface area contributed by atoms with Crippen LogP contribution in [0.3, 0.4) is 0 Å². The molecular formula is C16H24N4O6. The first-order chi connectivity index (χ1) is 12.2. The molecule has 1 aromatic rings. The number of rotatable bonds is 3. The lowest BCUT2D eigenvalue weighted by Crippen LogP contribution is -2.49. The third-order valence-electron chi connectivity index (χ3n) is 4.07. The van der Waals surface area contributed by atoms with Crippen molar-refractivity contribution in [1.82, 2.24) is 9.78 Å². The maximum absolute atomic E-state index is 12.6. The number of nitro groups is 1. The second kappa shape index (κ2) is 7.20. The quantitative estimate of drug-likeness (QED) is 0.595. The number of nitrogens with zero attached hydrogens (tertiary/aromatic N) is 4. The maximum Gasteiger partial charge on any atom is 0.416 e. The molecule has 0 spiro atoms. The first-order valence-electron chi connectivity index (χ1n) is 8.73. The Labute approximate surface area is 151 Å². The van der Waals surface area contributed by atoms with Crippen LogP contribution < -0.4 is 4.90 Å². The highest BCUT2D eigenvalue weighted by Crippen LogP contribution is 2.29. The van der Waals surface area contributed by atoms with Crippen LogP contribution in [0.5, 0.6) is 0 Å². The Hall–Kier alpha value is -2.20. The van der Waals surface area contributed by atoms with Crippen molar-refractivity contribution < 1.29 is 23.9 Å². The molecule has 1 amide bonds. The highest BCUT2D eigenvalue weighted by molar-refractivity contribution is 5.87. The predicted molar refractivity (Wildman–Crippen MR) is 90.9 cm³/mol. The van der Waals surface area contributed by atoms with Gasteiger partial charge in [0.1, 0.15) is 11.7 Å². The third-order valence-corrected chi connectivity index (χ3v) is 4.07. The van der Waals surface area contributed by atoms with Gasteiger partial charge in [0.2, 0.25) is 0 Å². The molecule has 0 N–H and O–H groups in total. The molecule has 1 aromatic heterocycles. The van der Waals surface area contributed by atoms with Crippen LogP contribution in [0.25, 0.3) is 0 Å². The van der Waals surface area contributed by atoms with Crippen LogP contribution in [0.2, 0.25) is 0 Å². The molecule has 144 valence electrons. The first kappa shape index (κ1) is 18.6. The Morgan fingerprint density at radius 1 is 1.38 bits per heavy atom. The number of fused-ring (bicyclic) bond motifs is 1. The minimum atomic E-state index is -0.686. The van der Waals surface area contributed by atoms with Crippen molar-refractivity contribution in [2.45, 2.75) is 64.6 Å². The molecule has 2 aliphatic heterocycles. The summed E-state index contributed by atoms with van der Waals surface area (Å²) in [5.41, 5.74) is -0.686. The van der Waals surface area contributed by atoms with E-state index in [4.69, 9.17) is 14.2 Å². The summed E-state index contributed by atoms with van der Waals surface area (Å²) in [5, 5.41) is 15.0. The van der Waals surface area contributed by atoms with Gasteiger partial charge in [-0.15, -0.1) is 0 Å². The summed E-state index contributed by atoms with van der Waals surface area (Å²) in [7, 11) is 0. The smallest absolute Gasteiger partial charge is 0.416 e. The van der Waals surface area contributed by atoms with E-state index in [1.165, 1.54) is 15.6 Å². The predicted octanol–water partition coefficient (Wildman–Crippen LogP) is 2.46. The summed E-state index contributed by atoms with van der Waals surface area (Å²) < 4.78 is 18.4. The number of anilines is 1. The minimum Gasteiger partial charge on any atom is -0.443 e. The number of ether oxygens (including phenoxy) is 3. The number of hydrogen-bond acceptors (Lipinski definition) is 7. The Bertz CT molecular complexity index is 677. The molecule has 0 saturated carbocycles. The summed E-state index contributed by atoms with van der Waals surface area (Å²) in [4.78, 5) is 24.4. The van der Waals surface area contributed by atoms with E-state index in [-0.39, 0.29) is 18.7 Å². The van der Waals surface area contributed by atoms with Gasteiger partial charge in [-0.1, -0.05) is 0 Å². The highest BCUT2D eigenvalue weighted by atomic mass is 16.7. The Morgan fingerprint density at radius 3 is 2.77 bits per heavy atom. The standard InChI is InChI=1S/C16H24N4O6/c1-16(2,3)26-15(21)18-9-11(25-14-6-4-5-7-24-14)10-19-13(18)8-12(17-19)20(22)23/h8,11,14H,4-7,9-10H2,1-3H3. The molecule has 2 unspecified atom stereocenters. The normalized spacial score (nSPS) is 23.4. The zero-order valence-electron chi connectivity index (χ0n) is 15.2. The van der Waals surface area contributed by atoms with Crippen LogP contribution in [-0.2, 0) is 20.8 Å². The summed E-state index contributed by atoms with van der Waals surface area (Å²) >= 11 is 0. The van der Waals surface area contributed by atoms with Crippen molar-refractivity contribution in [1.29, 1.82) is 0 Å². The van der Waals surface area contributed by atoms with E-state index in [1.54, 1.807) is 20.8 Å². The second-order valence-corrected chi connectivity index (χ2v) is 7.45. The lowest BCUT2D eigenvalue weighted by molar-refractivity contribution is -0.389. The number of hydrogen-bond donors (Lipinski definition) is 0. The van der Waals surface area contributed by atoms with Crippen molar-refractivity contribution in [2.75, 3.05) is 18.1 Å². The van der Waals surface area contributed by atoms with Gasteiger partial charge in [-0.3, -0.25) is 4.90 Å². The number of amides is 1. The fourth-order valence-electron chi connectivity index (χ4n) is 2.99. The Morgan fingerprint density at radius 2 is 2.15 bits per heavy atom. The number of carbonyl (C=O) groups is 1. The fourth-order valence-corrected chi connectivity index (χ4v) is 2.99. The van der Waals surface area contributed by atoms with Gasteiger partial charge in [0, 0.05) is 6.61 Å². The molecule has 26 heavy (non-hydrogen) atoms. The van der Waals surface area contributed by atoms with Crippen molar-refractivity contribution in [3.05, 3.63) is 16.2 Å². The zero-order valence-corrected chi connectivity index (χ0v) is 15.2. The maximum atomic E-state index is 12.6. The Balaban J connectivity index is 1.81. The minimum absolute atomic E-state index is 0.220. The monoisotopic (exact) mass is 368 g/mol. The van der Waals surface area contributed by atoms with Crippen LogP contribution in [0.15, 0.2) is 6.07 Å². The molecule has 1 saturated heterocycles. The van der Waals surface area contributed by atoms with Gasteiger partial charge in [-0.25, -0.2) is 4.79 Å². The van der Waals surface area contributed by atoms with Gasteiger partial charge in [0.15, 0.2) is 12.1 Å². The molecule has 3 rings (SSSR count). The molecule has 2 aliphatic rings. The van der Waals surface area contributed by atoms with Crippen LogP contribution in [0, 0.1) is 10.1 Å². The molecule has 3 heterocycles. The molecule has 10 heteroatoms. The van der Waals surface area contributed by atoms with Crippen molar-refractivity contribution >= 4 is 17.7 Å². The average Bonchev–Trinajstić information content (AvgIpc) is 2.97. The number of aromatic nitrogens is 2. The van der Waals surface area contributed by atoms with E-state index in [9.17, 15) is 14.9 Å². The SMILES string of the molecule is CC(C)(C)OC(=O)N1CC(OC2CCCCO2)Cn2nc([N+](=O)[O-])cc21. The topological polar surface area (TPSA) is 109 Å². The van der Waals surface area contributed by atoms with Crippen LogP contribution in [0.1, 0.15) is 40.0 Å². The molecule has 2 atom stereocenters. The second-order valence-electron chi connectivity index (χ2n) is 7.45. The third kappa shape index (κ3) is 4.31. The Kier molecular flexibility index (Phi) is 5.15. The van der Waals surface area contributed by atoms with Crippen molar-refractivity contribution in [2.24, 2.45) is 0 Å². The molecule has 0 radical (unpaired) electrons. The highest BCUT2D eigenvalue weighted by Gasteiger charge is 2.37. The molecule has 10 nitrogen and oxygen atoms in total. The lowest BCUT2D eigenvalue weighted by Gasteiger charge is -2.35. The van der Waals surface area contributed by atoms with Crippen LogP contribution in [-0.4, -0.2) is 51.9 Å². The average molecular weight is 368 g/mol. The lowest BCUT2D eigenvalue weighted by atomic mass is 10.2. The molecule has 0 bridgehead atoms. The van der Waals surface area contributed by atoms with Crippen molar-refractivity contribution in [3.8, 4) is 0 Å². The summed E-state index contributed by atoms with van der Waals surface area (Å²) in [5.74, 6) is 0.0125. The van der Waals surface area contributed by atoms with Gasteiger partial charge >= 0.3 is 11.9 Å². The van der Waals surface area contributed by atoms with E-state index < -0.39 is 22.7 Å². The van der Waals surface area contributed by atoms with Crippen molar-refractivity contribution in [3.63, 3.8) is 0 Å².